The summed E-state index contributed by atoms with van der Waals surface area (Å²) in [5, 5.41) is 4.18. The van der Waals surface area contributed by atoms with Gasteiger partial charge in [0.25, 0.3) is 0 Å². The van der Waals surface area contributed by atoms with E-state index in [0.29, 0.717) is 17.4 Å². The summed E-state index contributed by atoms with van der Waals surface area (Å²) in [6, 6.07) is 1.84. The summed E-state index contributed by atoms with van der Waals surface area (Å²) in [5.41, 5.74) is 6.81. The van der Waals surface area contributed by atoms with Crippen molar-refractivity contribution in [2.24, 2.45) is 5.92 Å². The molecule has 0 saturated carbocycles. The average molecular weight is 288 g/mol. The molecule has 3 heterocycles. The molecule has 7 nitrogen and oxygen atoms in total. The van der Waals surface area contributed by atoms with Gasteiger partial charge in [-0.25, -0.2) is 14.6 Å². The molecule has 2 N–H and O–H groups in total. The highest BCUT2D eigenvalue weighted by Gasteiger charge is 2.28. The molecule has 2 aromatic rings. The van der Waals surface area contributed by atoms with Gasteiger partial charge in [-0.2, -0.15) is 5.10 Å². The van der Waals surface area contributed by atoms with Crippen LogP contribution in [0.4, 0.5) is 11.5 Å². The number of ether oxygens (including phenoxy) is 1. The van der Waals surface area contributed by atoms with Gasteiger partial charge in [-0.1, -0.05) is 6.92 Å². The summed E-state index contributed by atoms with van der Waals surface area (Å²) >= 11 is 0. The highest BCUT2D eigenvalue weighted by atomic mass is 16.5. The van der Waals surface area contributed by atoms with E-state index in [1.807, 2.05) is 12.3 Å². The summed E-state index contributed by atoms with van der Waals surface area (Å²) in [6.45, 7) is 3.92. The van der Waals surface area contributed by atoms with Gasteiger partial charge in [0.2, 0.25) is 0 Å². The lowest BCUT2D eigenvalue weighted by molar-refractivity contribution is 0.0497. The van der Waals surface area contributed by atoms with E-state index in [9.17, 15) is 0 Å². The zero-order valence-corrected chi connectivity index (χ0v) is 12.3. The van der Waals surface area contributed by atoms with Crippen molar-refractivity contribution in [1.29, 1.82) is 0 Å². The van der Waals surface area contributed by atoms with E-state index in [2.05, 4.69) is 26.9 Å². The molecular weight excluding hydrogens is 268 g/mol. The normalized spacial score (nSPS) is 22.5. The molecule has 112 valence electrons. The Morgan fingerprint density at radius 3 is 2.86 bits per heavy atom. The molecule has 0 radical (unpaired) electrons. The van der Waals surface area contributed by atoms with Crippen LogP contribution in [0.1, 0.15) is 13.3 Å². The fraction of sp³-hybridized carbons (Fsp3) is 0.500. The SMILES string of the molecule is COC1CN(c2ncnc(-n3cccn3)c2N)CCC1C. The van der Waals surface area contributed by atoms with Gasteiger partial charge in [-0.05, 0) is 18.4 Å². The molecule has 7 heteroatoms. The van der Waals surface area contributed by atoms with Gasteiger partial charge < -0.3 is 15.4 Å². The molecule has 0 spiro atoms. The zero-order chi connectivity index (χ0) is 14.8. The number of piperidine rings is 1. The smallest absolute Gasteiger partial charge is 0.181 e. The van der Waals surface area contributed by atoms with E-state index in [1.165, 1.54) is 6.33 Å². The molecule has 0 bridgehead atoms. The standard InChI is InChI=1S/C14H20N6O/c1-10-4-7-19(8-11(10)21-2)13-12(15)14(17-9-16-13)20-6-3-5-18-20/h3,5-6,9-11H,4,7-8,15H2,1-2H3. The Balaban J connectivity index is 1.91. The molecule has 1 saturated heterocycles. The highest BCUT2D eigenvalue weighted by Crippen LogP contribution is 2.29. The van der Waals surface area contributed by atoms with Gasteiger partial charge in [0, 0.05) is 32.6 Å². The molecular formula is C14H20N6O. The van der Waals surface area contributed by atoms with E-state index >= 15 is 0 Å². The Kier molecular flexibility index (Phi) is 3.74. The lowest BCUT2D eigenvalue weighted by atomic mass is 9.96. The van der Waals surface area contributed by atoms with Crippen LogP contribution in [0.2, 0.25) is 0 Å². The van der Waals surface area contributed by atoms with E-state index in [4.69, 9.17) is 10.5 Å². The van der Waals surface area contributed by atoms with Gasteiger partial charge in [0.15, 0.2) is 11.6 Å². The van der Waals surface area contributed by atoms with E-state index < -0.39 is 0 Å². The Bertz CT molecular complexity index is 600. The number of hydrogen-bond acceptors (Lipinski definition) is 6. The summed E-state index contributed by atoms with van der Waals surface area (Å²) in [5.74, 6) is 1.90. The van der Waals surface area contributed by atoms with Crippen molar-refractivity contribution in [2.45, 2.75) is 19.4 Å². The predicted molar refractivity (Wildman–Crippen MR) is 80.4 cm³/mol. The summed E-state index contributed by atoms with van der Waals surface area (Å²) in [7, 11) is 1.75. The van der Waals surface area contributed by atoms with E-state index in [-0.39, 0.29) is 6.10 Å². The Hall–Kier alpha value is -2.15. The second kappa shape index (κ2) is 5.69. The minimum absolute atomic E-state index is 0.196. The molecule has 0 aromatic carbocycles. The number of nitrogen functional groups attached to an aromatic ring is 1. The van der Waals surface area contributed by atoms with Gasteiger partial charge in [-0.15, -0.1) is 0 Å². The first-order valence-corrected chi connectivity index (χ1v) is 7.09. The quantitative estimate of drug-likeness (QED) is 0.911. The minimum Gasteiger partial charge on any atom is -0.393 e. The van der Waals surface area contributed by atoms with Crippen LogP contribution in [0.3, 0.4) is 0 Å². The molecule has 0 aliphatic carbocycles. The largest absolute Gasteiger partial charge is 0.393 e. The van der Waals surface area contributed by atoms with E-state index in [1.54, 1.807) is 18.0 Å². The third-order valence-electron chi connectivity index (χ3n) is 4.05. The van der Waals surface area contributed by atoms with Crippen LogP contribution in [0.25, 0.3) is 5.82 Å². The first kappa shape index (κ1) is 13.8. The van der Waals surface area contributed by atoms with Crippen molar-refractivity contribution < 1.29 is 4.74 Å². The first-order valence-electron chi connectivity index (χ1n) is 7.09. The number of methoxy groups -OCH3 is 1. The van der Waals surface area contributed by atoms with Crippen molar-refractivity contribution in [3.8, 4) is 5.82 Å². The van der Waals surface area contributed by atoms with Crippen LogP contribution >= 0.6 is 0 Å². The number of anilines is 2. The average Bonchev–Trinajstić information content (AvgIpc) is 3.02. The summed E-state index contributed by atoms with van der Waals surface area (Å²) in [4.78, 5) is 10.8. The third-order valence-corrected chi connectivity index (χ3v) is 4.05. The first-order chi connectivity index (χ1) is 10.2. The molecule has 1 aliphatic rings. The Morgan fingerprint density at radius 1 is 1.33 bits per heavy atom. The zero-order valence-electron chi connectivity index (χ0n) is 12.3. The fourth-order valence-electron chi connectivity index (χ4n) is 2.74. The van der Waals surface area contributed by atoms with Gasteiger partial charge in [0.05, 0.1) is 6.10 Å². The van der Waals surface area contributed by atoms with Crippen LogP contribution in [0.5, 0.6) is 0 Å². The second-order valence-electron chi connectivity index (χ2n) is 5.37. The molecule has 0 amide bonds. The maximum Gasteiger partial charge on any atom is 0.181 e. The monoisotopic (exact) mass is 288 g/mol. The van der Waals surface area contributed by atoms with Crippen LogP contribution in [-0.4, -0.2) is 46.1 Å². The molecule has 1 aliphatic heterocycles. The Labute approximate surface area is 123 Å². The number of nitrogens with zero attached hydrogens (tertiary/aromatic N) is 5. The number of aromatic nitrogens is 4. The predicted octanol–water partition coefficient (Wildman–Crippen LogP) is 1.11. The van der Waals surface area contributed by atoms with Gasteiger partial charge in [-0.3, -0.25) is 0 Å². The molecule has 21 heavy (non-hydrogen) atoms. The van der Waals surface area contributed by atoms with Crippen molar-refractivity contribution in [3.63, 3.8) is 0 Å². The van der Waals surface area contributed by atoms with Gasteiger partial charge in [0.1, 0.15) is 12.0 Å². The van der Waals surface area contributed by atoms with Crippen molar-refractivity contribution >= 4 is 11.5 Å². The Morgan fingerprint density at radius 2 is 2.14 bits per heavy atom. The maximum atomic E-state index is 6.26. The number of nitrogens with two attached hydrogens (primary N) is 1. The van der Waals surface area contributed by atoms with E-state index in [0.717, 1.165) is 25.3 Å². The summed E-state index contributed by atoms with van der Waals surface area (Å²) < 4.78 is 7.21. The molecule has 2 unspecified atom stereocenters. The van der Waals surface area contributed by atoms with Crippen LogP contribution in [-0.2, 0) is 4.74 Å². The molecule has 3 rings (SSSR count). The van der Waals surface area contributed by atoms with Crippen molar-refractivity contribution in [1.82, 2.24) is 19.7 Å². The topological polar surface area (TPSA) is 82.1 Å². The van der Waals surface area contributed by atoms with Crippen LogP contribution in [0.15, 0.2) is 24.8 Å². The van der Waals surface area contributed by atoms with Crippen molar-refractivity contribution in [2.75, 3.05) is 30.8 Å². The lowest BCUT2D eigenvalue weighted by Crippen LogP contribution is -2.44. The van der Waals surface area contributed by atoms with Crippen LogP contribution < -0.4 is 10.6 Å². The molecule has 2 atom stereocenters. The van der Waals surface area contributed by atoms with Gasteiger partial charge >= 0.3 is 0 Å². The lowest BCUT2D eigenvalue weighted by Gasteiger charge is -2.37. The van der Waals surface area contributed by atoms with Crippen LogP contribution in [0, 0.1) is 5.92 Å². The fourth-order valence-corrected chi connectivity index (χ4v) is 2.74. The number of rotatable bonds is 3. The minimum atomic E-state index is 0.196. The number of hydrogen-bond donors (Lipinski definition) is 1. The highest BCUT2D eigenvalue weighted by molar-refractivity contribution is 5.70. The van der Waals surface area contributed by atoms with Crippen molar-refractivity contribution in [3.05, 3.63) is 24.8 Å². The summed E-state index contributed by atoms with van der Waals surface area (Å²) in [6.07, 6.45) is 6.30. The molecule has 2 aromatic heterocycles. The second-order valence-corrected chi connectivity index (χ2v) is 5.37. The third kappa shape index (κ3) is 2.56. The molecule has 1 fully saturated rings. The maximum absolute atomic E-state index is 6.26.